The number of rotatable bonds is 6. The lowest BCUT2D eigenvalue weighted by Crippen LogP contribution is -2.44. The van der Waals surface area contributed by atoms with Gasteiger partial charge >= 0.3 is 6.36 Å². The Kier molecular flexibility index (Phi) is 6.68. The molecule has 1 unspecified atom stereocenters. The van der Waals surface area contributed by atoms with Crippen molar-refractivity contribution in [1.29, 1.82) is 0 Å². The summed E-state index contributed by atoms with van der Waals surface area (Å²) in [7, 11) is -3.69. The van der Waals surface area contributed by atoms with Crippen LogP contribution in [0.15, 0.2) is 47.4 Å². The number of amides is 1. The van der Waals surface area contributed by atoms with Gasteiger partial charge in [0.25, 0.3) is 0 Å². The molecule has 1 aromatic rings. The molecule has 2 heterocycles. The first-order valence-electron chi connectivity index (χ1n) is 8.90. The molecule has 1 atom stereocenters. The number of piperidine rings is 1. The number of hydrogen-bond donors (Lipinski definition) is 1. The fourth-order valence-electron chi connectivity index (χ4n) is 3.02. The smallest absolute Gasteiger partial charge is 0.490 e. The van der Waals surface area contributed by atoms with Crippen molar-refractivity contribution < 1.29 is 35.9 Å². The summed E-state index contributed by atoms with van der Waals surface area (Å²) in [5.74, 6) is -0.670. The summed E-state index contributed by atoms with van der Waals surface area (Å²) >= 11 is 1.08. The van der Waals surface area contributed by atoms with E-state index in [9.17, 15) is 26.4 Å². The Bertz CT molecular complexity index is 938. The minimum Gasteiger partial charge on any atom is -0.490 e. The summed E-state index contributed by atoms with van der Waals surface area (Å²) in [4.78, 5) is 11.3. The molecule has 0 aliphatic carbocycles. The zero-order valence-electron chi connectivity index (χ0n) is 15.5. The highest BCUT2D eigenvalue weighted by Gasteiger charge is 2.35. The second-order valence-electron chi connectivity index (χ2n) is 6.57. The number of primary amides is 1. The van der Waals surface area contributed by atoms with Crippen LogP contribution < -0.4 is 15.2 Å². The zero-order chi connectivity index (χ0) is 21.9. The summed E-state index contributed by atoms with van der Waals surface area (Å²) in [6.45, 7) is 0.450. The first-order valence-corrected chi connectivity index (χ1v) is 11.3. The Hall–Kier alpha value is -2.18. The van der Waals surface area contributed by atoms with Crippen molar-refractivity contribution in [3.05, 3.63) is 47.4 Å². The highest BCUT2D eigenvalue weighted by atomic mass is 32.3. The van der Waals surface area contributed by atoms with Crippen LogP contribution in [0.5, 0.6) is 11.5 Å². The third kappa shape index (κ3) is 5.70. The third-order valence-corrected chi connectivity index (χ3v) is 8.04. The maximum absolute atomic E-state index is 12.9. The Morgan fingerprint density at radius 2 is 1.73 bits per heavy atom. The number of carbonyl (C=O) groups excluding carboxylic acids is 1. The molecule has 3 rings (SSSR count). The lowest BCUT2D eigenvalue weighted by Gasteiger charge is -2.33. The monoisotopic (exact) mass is 464 g/mol. The van der Waals surface area contributed by atoms with Gasteiger partial charge in [-0.2, -0.15) is 0 Å². The van der Waals surface area contributed by atoms with E-state index in [0.717, 1.165) is 23.9 Å². The van der Waals surface area contributed by atoms with Gasteiger partial charge in [-0.25, -0.2) is 12.7 Å². The van der Waals surface area contributed by atoms with E-state index >= 15 is 0 Å². The van der Waals surface area contributed by atoms with Crippen LogP contribution in [0.25, 0.3) is 0 Å². The number of alkyl halides is 3. The summed E-state index contributed by atoms with van der Waals surface area (Å²) < 4.78 is 72.3. The highest BCUT2D eigenvalue weighted by molar-refractivity contribution is 8.14. The van der Waals surface area contributed by atoms with Crippen LogP contribution in [0.3, 0.4) is 0 Å². The highest BCUT2D eigenvalue weighted by Crippen LogP contribution is 2.31. The quantitative estimate of drug-likeness (QED) is 0.695. The SMILES string of the molecule is NC(=O)C1=CC(S(=O)(=O)N2CCC(Oc3ccc(OC(F)(F)F)cc3)CC2)SC=C1. The Labute approximate surface area is 175 Å². The predicted molar refractivity (Wildman–Crippen MR) is 105 cm³/mol. The first-order chi connectivity index (χ1) is 14.0. The van der Waals surface area contributed by atoms with Crippen molar-refractivity contribution in [2.75, 3.05) is 13.1 Å². The van der Waals surface area contributed by atoms with E-state index in [1.54, 1.807) is 0 Å². The summed E-state index contributed by atoms with van der Waals surface area (Å²) in [5.41, 5.74) is 5.38. The van der Waals surface area contributed by atoms with E-state index in [0.29, 0.717) is 18.6 Å². The third-order valence-electron chi connectivity index (χ3n) is 4.47. The van der Waals surface area contributed by atoms with Crippen molar-refractivity contribution in [2.24, 2.45) is 5.73 Å². The minimum absolute atomic E-state index is 0.151. The van der Waals surface area contributed by atoms with Crippen molar-refractivity contribution in [2.45, 2.75) is 29.9 Å². The maximum Gasteiger partial charge on any atom is 0.573 e. The summed E-state index contributed by atoms with van der Waals surface area (Å²) in [6, 6.07) is 5.04. The van der Waals surface area contributed by atoms with E-state index in [1.165, 1.54) is 34.0 Å². The van der Waals surface area contributed by atoms with Crippen molar-refractivity contribution in [3.63, 3.8) is 0 Å². The van der Waals surface area contributed by atoms with Crippen LogP contribution >= 0.6 is 11.8 Å². The Morgan fingerprint density at radius 3 is 2.30 bits per heavy atom. The molecule has 0 saturated carbocycles. The molecule has 12 heteroatoms. The average molecular weight is 464 g/mol. The fourth-order valence-corrected chi connectivity index (χ4v) is 6.07. The second-order valence-corrected chi connectivity index (χ2v) is 9.98. The van der Waals surface area contributed by atoms with Crippen LogP contribution in [-0.2, 0) is 14.8 Å². The van der Waals surface area contributed by atoms with Crippen LogP contribution in [-0.4, -0.2) is 48.8 Å². The molecule has 7 nitrogen and oxygen atoms in total. The molecule has 1 aromatic carbocycles. The first kappa shape index (κ1) is 22.5. The standard InChI is InChI=1S/C18H19F3N2O5S2/c19-18(20,21)28-15-3-1-13(2-4-15)27-14-5-8-23(9-6-14)30(25,26)16-11-12(17(22)24)7-10-29-16/h1-4,7,10-11,14,16H,5-6,8-9H2,(H2,22,24). The largest absolute Gasteiger partial charge is 0.573 e. The van der Waals surface area contributed by atoms with Gasteiger partial charge in [0, 0.05) is 18.7 Å². The number of thioether (sulfide) groups is 1. The molecule has 0 radical (unpaired) electrons. The van der Waals surface area contributed by atoms with Crippen LogP contribution in [0.4, 0.5) is 13.2 Å². The van der Waals surface area contributed by atoms with Gasteiger partial charge in [0.05, 0.1) is 0 Å². The van der Waals surface area contributed by atoms with Gasteiger partial charge in [0.2, 0.25) is 15.9 Å². The van der Waals surface area contributed by atoms with Crippen molar-refractivity contribution in [1.82, 2.24) is 4.31 Å². The van der Waals surface area contributed by atoms with Gasteiger partial charge in [0.15, 0.2) is 0 Å². The number of ether oxygens (including phenoxy) is 2. The van der Waals surface area contributed by atoms with Gasteiger partial charge in [-0.3, -0.25) is 4.79 Å². The molecule has 2 aliphatic rings. The summed E-state index contributed by atoms with van der Waals surface area (Å²) in [5, 5.41) is 1.53. The minimum atomic E-state index is -4.76. The van der Waals surface area contributed by atoms with Crippen LogP contribution in [0.1, 0.15) is 12.8 Å². The lowest BCUT2D eigenvalue weighted by atomic mass is 10.1. The number of nitrogens with two attached hydrogens (primary N) is 1. The van der Waals surface area contributed by atoms with E-state index in [-0.39, 0.29) is 30.5 Å². The summed E-state index contributed by atoms with van der Waals surface area (Å²) in [6.07, 6.45) is -1.39. The molecule has 30 heavy (non-hydrogen) atoms. The number of benzene rings is 1. The molecule has 164 valence electrons. The molecule has 1 fully saturated rings. The van der Waals surface area contributed by atoms with Gasteiger partial charge in [-0.1, -0.05) is 0 Å². The number of hydrogen-bond acceptors (Lipinski definition) is 6. The van der Waals surface area contributed by atoms with Crippen molar-refractivity contribution in [3.8, 4) is 11.5 Å². The second kappa shape index (κ2) is 8.90. The van der Waals surface area contributed by atoms with Gasteiger partial charge in [-0.05, 0) is 54.7 Å². The molecular formula is C18H19F3N2O5S2. The number of halogens is 3. The van der Waals surface area contributed by atoms with Crippen molar-refractivity contribution >= 4 is 27.7 Å². The van der Waals surface area contributed by atoms with Gasteiger partial charge in [-0.15, -0.1) is 24.9 Å². The zero-order valence-corrected chi connectivity index (χ0v) is 17.2. The van der Waals surface area contributed by atoms with Gasteiger partial charge < -0.3 is 15.2 Å². The fraction of sp³-hybridized carbons (Fsp3) is 0.389. The number of carbonyl (C=O) groups is 1. The van der Waals surface area contributed by atoms with Crippen LogP contribution in [0, 0.1) is 0 Å². The maximum atomic E-state index is 12.9. The molecule has 0 spiro atoms. The topological polar surface area (TPSA) is 98.9 Å². The molecule has 0 bridgehead atoms. The molecule has 2 N–H and O–H groups in total. The molecule has 1 amide bonds. The predicted octanol–water partition coefficient (Wildman–Crippen LogP) is 2.76. The Morgan fingerprint density at radius 1 is 1.13 bits per heavy atom. The van der Waals surface area contributed by atoms with E-state index in [4.69, 9.17) is 10.5 Å². The van der Waals surface area contributed by atoms with Gasteiger partial charge in [0.1, 0.15) is 22.2 Å². The Balaban J connectivity index is 1.56. The van der Waals surface area contributed by atoms with E-state index < -0.39 is 26.9 Å². The van der Waals surface area contributed by atoms with Crippen LogP contribution in [0.2, 0.25) is 0 Å². The molecular weight excluding hydrogens is 445 g/mol. The van der Waals surface area contributed by atoms with E-state index in [2.05, 4.69) is 4.74 Å². The molecule has 1 saturated heterocycles. The average Bonchev–Trinajstić information content (AvgIpc) is 2.69. The molecule has 2 aliphatic heterocycles. The number of nitrogens with zero attached hydrogens (tertiary/aromatic N) is 1. The molecule has 0 aromatic heterocycles. The van der Waals surface area contributed by atoms with E-state index in [1.807, 2.05) is 0 Å². The normalized spacial score (nSPS) is 21.2. The lowest BCUT2D eigenvalue weighted by molar-refractivity contribution is -0.274. The number of sulfonamides is 1.